The van der Waals surface area contributed by atoms with Crippen molar-refractivity contribution in [2.24, 2.45) is 0 Å². The van der Waals surface area contributed by atoms with Crippen molar-refractivity contribution in [2.75, 3.05) is 5.75 Å². The number of rotatable bonds is 2. The van der Waals surface area contributed by atoms with Crippen LogP contribution in [0.15, 0.2) is 18.2 Å². The molecule has 1 aromatic carbocycles. The van der Waals surface area contributed by atoms with Gasteiger partial charge in [0.05, 0.1) is 10.8 Å². The molecule has 0 unspecified atom stereocenters. The fraction of sp³-hybridized carbons (Fsp3) is 0.222. The van der Waals surface area contributed by atoms with E-state index in [0.717, 1.165) is 5.56 Å². The zero-order valence-electron chi connectivity index (χ0n) is 6.67. The van der Waals surface area contributed by atoms with Gasteiger partial charge in [-0.15, -0.1) is 0 Å². The maximum Gasteiger partial charge on any atom is 0.173 e. The van der Waals surface area contributed by atoms with E-state index in [2.05, 4.69) is 12.6 Å². The van der Waals surface area contributed by atoms with Crippen LogP contribution in [0.25, 0.3) is 0 Å². The lowest BCUT2D eigenvalue weighted by Gasteiger charge is -2.01. The lowest BCUT2D eigenvalue weighted by Crippen LogP contribution is -2.00. The van der Waals surface area contributed by atoms with Crippen LogP contribution in [0.1, 0.15) is 15.9 Å². The van der Waals surface area contributed by atoms with E-state index < -0.39 is 0 Å². The van der Waals surface area contributed by atoms with Crippen LogP contribution in [0, 0.1) is 6.92 Å². The molecule has 0 saturated carbocycles. The van der Waals surface area contributed by atoms with E-state index in [-0.39, 0.29) is 11.5 Å². The van der Waals surface area contributed by atoms with Gasteiger partial charge in [0.25, 0.3) is 0 Å². The van der Waals surface area contributed by atoms with E-state index in [1.807, 2.05) is 13.0 Å². The molecule has 0 aliphatic heterocycles. The van der Waals surface area contributed by atoms with Crippen molar-refractivity contribution < 1.29 is 4.79 Å². The van der Waals surface area contributed by atoms with E-state index in [9.17, 15) is 4.79 Å². The highest BCUT2D eigenvalue weighted by Gasteiger charge is 2.07. The van der Waals surface area contributed by atoms with Crippen molar-refractivity contribution in [3.63, 3.8) is 0 Å². The summed E-state index contributed by atoms with van der Waals surface area (Å²) in [6, 6.07) is 5.37. The zero-order valence-corrected chi connectivity index (χ0v) is 8.32. The van der Waals surface area contributed by atoms with Gasteiger partial charge in [-0.2, -0.15) is 12.6 Å². The highest BCUT2D eigenvalue weighted by molar-refractivity contribution is 7.81. The summed E-state index contributed by atoms with van der Waals surface area (Å²) in [5.74, 6) is 0.159. The number of thiol groups is 1. The molecule has 0 heterocycles. The van der Waals surface area contributed by atoms with E-state index in [1.165, 1.54) is 0 Å². The molecule has 64 valence electrons. The molecule has 1 aromatic rings. The van der Waals surface area contributed by atoms with E-state index in [1.54, 1.807) is 12.1 Å². The summed E-state index contributed by atoms with van der Waals surface area (Å²) in [6.45, 7) is 1.93. The van der Waals surface area contributed by atoms with Crippen molar-refractivity contribution >= 4 is 30.0 Å². The SMILES string of the molecule is Cc1ccc(C(=O)CS)c(Cl)c1. The number of halogens is 1. The number of Topliss-reactive ketones (excluding diaryl/α,β-unsaturated/α-hetero) is 1. The summed E-state index contributed by atoms with van der Waals surface area (Å²) < 4.78 is 0. The molecule has 0 aliphatic rings. The van der Waals surface area contributed by atoms with E-state index in [4.69, 9.17) is 11.6 Å². The summed E-state index contributed by atoms with van der Waals surface area (Å²) in [6.07, 6.45) is 0. The Balaban J connectivity index is 3.09. The molecule has 0 fully saturated rings. The zero-order chi connectivity index (χ0) is 9.14. The molecule has 0 saturated heterocycles. The molecule has 0 spiro atoms. The van der Waals surface area contributed by atoms with Crippen molar-refractivity contribution in [2.45, 2.75) is 6.92 Å². The first-order chi connectivity index (χ1) is 5.65. The molecule has 0 radical (unpaired) electrons. The molecule has 0 amide bonds. The van der Waals surface area contributed by atoms with Gasteiger partial charge in [0.15, 0.2) is 5.78 Å². The summed E-state index contributed by atoms with van der Waals surface area (Å²) in [4.78, 5) is 11.2. The molecule has 3 heteroatoms. The van der Waals surface area contributed by atoms with Crippen LogP contribution < -0.4 is 0 Å². The van der Waals surface area contributed by atoms with E-state index >= 15 is 0 Å². The largest absolute Gasteiger partial charge is 0.293 e. The van der Waals surface area contributed by atoms with Gasteiger partial charge < -0.3 is 0 Å². The Bertz CT molecular complexity index is 309. The van der Waals surface area contributed by atoms with Gasteiger partial charge in [-0.1, -0.05) is 17.7 Å². The molecule has 0 aliphatic carbocycles. The van der Waals surface area contributed by atoms with Crippen LogP contribution in [0.3, 0.4) is 0 Å². The highest BCUT2D eigenvalue weighted by atomic mass is 35.5. The molecular formula is C9H9ClOS. The van der Waals surface area contributed by atoms with Gasteiger partial charge in [-0.05, 0) is 24.6 Å². The average molecular weight is 201 g/mol. The lowest BCUT2D eigenvalue weighted by molar-refractivity contribution is 0.102. The highest BCUT2D eigenvalue weighted by Crippen LogP contribution is 2.18. The van der Waals surface area contributed by atoms with Crippen LogP contribution in [-0.4, -0.2) is 11.5 Å². The van der Waals surface area contributed by atoms with Gasteiger partial charge in [0.1, 0.15) is 0 Å². The fourth-order valence-electron chi connectivity index (χ4n) is 0.931. The van der Waals surface area contributed by atoms with Gasteiger partial charge in [0.2, 0.25) is 0 Å². The van der Waals surface area contributed by atoms with Gasteiger partial charge in [-0.25, -0.2) is 0 Å². The number of carbonyl (C=O) groups is 1. The minimum Gasteiger partial charge on any atom is -0.293 e. The molecule has 0 bridgehead atoms. The quantitative estimate of drug-likeness (QED) is 0.574. The summed E-state index contributed by atoms with van der Waals surface area (Å²) in [7, 11) is 0. The Labute approximate surface area is 82.1 Å². The maximum absolute atomic E-state index is 11.2. The fourth-order valence-corrected chi connectivity index (χ4v) is 1.44. The minimum atomic E-state index is -0.0386. The lowest BCUT2D eigenvalue weighted by atomic mass is 10.1. The van der Waals surface area contributed by atoms with Gasteiger partial charge in [-0.3, -0.25) is 4.79 Å². The number of ketones is 1. The monoisotopic (exact) mass is 200 g/mol. The third-order valence-electron chi connectivity index (χ3n) is 1.57. The van der Waals surface area contributed by atoms with Crippen molar-refractivity contribution in [3.8, 4) is 0 Å². The third-order valence-corrected chi connectivity index (χ3v) is 2.17. The Kier molecular flexibility index (Phi) is 3.18. The van der Waals surface area contributed by atoms with Crippen LogP contribution >= 0.6 is 24.2 Å². The molecule has 0 N–H and O–H groups in total. The van der Waals surface area contributed by atoms with Crippen molar-refractivity contribution in [3.05, 3.63) is 34.3 Å². The second-order valence-electron chi connectivity index (χ2n) is 2.56. The normalized spacial score (nSPS) is 9.92. The average Bonchev–Trinajstić information content (AvgIpc) is 2.03. The molecule has 1 rings (SSSR count). The Morgan fingerprint density at radius 1 is 1.58 bits per heavy atom. The van der Waals surface area contributed by atoms with Crippen LogP contribution in [0.4, 0.5) is 0 Å². The Morgan fingerprint density at radius 2 is 2.25 bits per heavy atom. The van der Waals surface area contributed by atoms with Crippen molar-refractivity contribution in [1.82, 2.24) is 0 Å². The standard InChI is InChI=1S/C9H9ClOS/c1-6-2-3-7(8(10)4-6)9(11)5-12/h2-4,12H,5H2,1H3. The first-order valence-electron chi connectivity index (χ1n) is 3.55. The number of carbonyl (C=O) groups excluding carboxylic acids is 1. The topological polar surface area (TPSA) is 17.1 Å². The molecule has 0 aromatic heterocycles. The van der Waals surface area contributed by atoms with Gasteiger partial charge in [0, 0.05) is 5.56 Å². The summed E-state index contributed by atoms with van der Waals surface area (Å²) in [5, 5.41) is 0.508. The van der Waals surface area contributed by atoms with E-state index in [0.29, 0.717) is 10.6 Å². The second kappa shape index (κ2) is 3.97. The summed E-state index contributed by atoms with van der Waals surface area (Å²) >= 11 is 9.74. The second-order valence-corrected chi connectivity index (χ2v) is 3.29. The number of hydrogen-bond acceptors (Lipinski definition) is 2. The number of benzene rings is 1. The molecular weight excluding hydrogens is 192 g/mol. The molecule has 0 atom stereocenters. The predicted octanol–water partition coefficient (Wildman–Crippen LogP) is 2.76. The maximum atomic E-state index is 11.2. The summed E-state index contributed by atoms with van der Waals surface area (Å²) in [5.41, 5.74) is 1.60. The first-order valence-corrected chi connectivity index (χ1v) is 4.56. The third kappa shape index (κ3) is 2.02. The minimum absolute atomic E-state index is 0.0386. The Morgan fingerprint density at radius 3 is 2.75 bits per heavy atom. The Hall–Kier alpha value is -0.470. The molecule has 12 heavy (non-hydrogen) atoms. The smallest absolute Gasteiger partial charge is 0.173 e. The number of hydrogen-bond donors (Lipinski definition) is 1. The number of aryl methyl sites for hydroxylation is 1. The van der Waals surface area contributed by atoms with Crippen LogP contribution in [0.2, 0.25) is 5.02 Å². The van der Waals surface area contributed by atoms with Crippen LogP contribution in [-0.2, 0) is 0 Å². The molecule has 1 nitrogen and oxygen atoms in total. The van der Waals surface area contributed by atoms with Gasteiger partial charge >= 0.3 is 0 Å². The first kappa shape index (κ1) is 9.62. The van der Waals surface area contributed by atoms with Crippen LogP contribution in [0.5, 0.6) is 0 Å². The van der Waals surface area contributed by atoms with Crippen molar-refractivity contribution in [1.29, 1.82) is 0 Å². The predicted molar refractivity (Wildman–Crippen MR) is 54.4 cm³/mol.